The third-order valence-electron chi connectivity index (χ3n) is 4.90. The minimum absolute atomic E-state index is 0.0363. The fraction of sp³-hybridized carbons (Fsp3) is 0.750. The van der Waals surface area contributed by atoms with Crippen LogP contribution in [0.15, 0.2) is 16.6 Å². The number of rotatable bonds is 5. The van der Waals surface area contributed by atoms with Crippen LogP contribution in [-0.2, 0) is 9.53 Å². The Labute approximate surface area is 142 Å². The standard InChI is InChI=1S/C16H19F4N3O2/c17-15(18)7-23(8-16(15,19)20)14(24)11-5-21-12(10-3-4-10)13(22-11)25-6-9-1-2-9/h9-10,21H,1-8H2. The lowest BCUT2D eigenvalue weighted by Gasteiger charge is -2.23. The number of halogens is 4. The van der Waals surface area contributed by atoms with Gasteiger partial charge < -0.3 is 15.0 Å². The zero-order valence-electron chi connectivity index (χ0n) is 13.5. The molecule has 0 aromatic carbocycles. The largest absolute Gasteiger partial charge is 0.476 e. The van der Waals surface area contributed by atoms with E-state index in [1.54, 1.807) is 0 Å². The van der Waals surface area contributed by atoms with Crippen LogP contribution >= 0.6 is 0 Å². The van der Waals surface area contributed by atoms with Gasteiger partial charge in [0.05, 0.1) is 31.9 Å². The van der Waals surface area contributed by atoms with Crippen LogP contribution in [0.2, 0.25) is 0 Å². The van der Waals surface area contributed by atoms with Crippen LogP contribution in [-0.4, -0.2) is 54.6 Å². The molecule has 0 radical (unpaired) electrons. The highest BCUT2D eigenvalue weighted by molar-refractivity contribution is 6.40. The summed E-state index contributed by atoms with van der Waals surface area (Å²) in [4.78, 5) is 17.0. The van der Waals surface area contributed by atoms with Crippen molar-refractivity contribution in [1.82, 2.24) is 10.2 Å². The van der Waals surface area contributed by atoms with Crippen molar-refractivity contribution in [3.8, 4) is 0 Å². The van der Waals surface area contributed by atoms with E-state index >= 15 is 0 Å². The molecule has 4 rings (SSSR count). The van der Waals surface area contributed by atoms with Gasteiger partial charge in [-0.3, -0.25) is 4.79 Å². The molecule has 0 bridgehead atoms. The monoisotopic (exact) mass is 361 g/mol. The van der Waals surface area contributed by atoms with Gasteiger partial charge in [0.25, 0.3) is 5.91 Å². The fourth-order valence-corrected chi connectivity index (χ4v) is 2.98. The first-order chi connectivity index (χ1) is 11.8. The van der Waals surface area contributed by atoms with E-state index in [1.807, 2.05) is 0 Å². The molecule has 1 amide bonds. The quantitative estimate of drug-likeness (QED) is 0.764. The molecule has 25 heavy (non-hydrogen) atoms. The topological polar surface area (TPSA) is 53.9 Å². The van der Waals surface area contributed by atoms with E-state index in [9.17, 15) is 22.4 Å². The summed E-state index contributed by atoms with van der Waals surface area (Å²) in [6, 6.07) is 0. The van der Waals surface area contributed by atoms with Gasteiger partial charge >= 0.3 is 11.8 Å². The Balaban J connectivity index is 1.51. The summed E-state index contributed by atoms with van der Waals surface area (Å²) in [5, 5.41) is 3.07. The van der Waals surface area contributed by atoms with Crippen molar-refractivity contribution in [3.63, 3.8) is 0 Å². The first-order valence-electron chi connectivity index (χ1n) is 8.50. The molecule has 2 heterocycles. The molecule has 0 aromatic heterocycles. The second kappa shape index (κ2) is 5.60. The van der Waals surface area contributed by atoms with Crippen molar-refractivity contribution in [3.05, 3.63) is 11.6 Å². The molecule has 0 unspecified atom stereocenters. The summed E-state index contributed by atoms with van der Waals surface area (Å²) in [5.41, 5.74) is 0.762. The van der Waals surface area contributed by atoms with Crippen molar-refractivity contribution in [1.29, 1.82) is 0 Å². The number of aliphatic imine (C=N–C) groups is 1. The van der Waals surface area contributed by atoms with Gasteiger partial charge in [-0.05, 0) is 31.6 Å². The maximum Gasteiger partial charge on any atom is 0.329 e. The molecule has 1 N–H and O–H groups in total. The van der Waals surface area contributed by atoms with Gasteiger partial charge in [0, 0.05) is 5.92 Å². The van der Waals surface area contributed by atoms with Crippen molar-refractivity contribution in [2.24, 2.45) is 16.8 Å². The summed E-state index contributed by atoms with van der Waals surface area (Å²) in [7, 11) is 0. The normalized spacial score (nSPS) is 27.8. The van der Waals surface area contributed by atoms with E-state index in [1.165, 1.54) is 0 Å². The molecule has 0 atom stereocenters. The van der Waals surface area contributed by atoms with Gasteiger partial charge in [0.1, 0.15) is 5.71 Å². The molecule has 2 aliphatic carbocycles. The maximum absolute atomic E-state index is 13.3. The summed E-state index contributed by atoms with van der Waals surface area (Å²) >= 11 is 0. The van der Waals surface area contributed by atoms with E-state index in [4.69, 9.17) is 4.74 Å². The van der Waals surface area contributed by atoms with Crippen LogP contribution in [0.4, 0.5) is 17.6 Å². The zero-order chi connectivity index (χ0) is 17.8. The highest BCUT2D eigenvalue weighted by Gasteiger charge is 2.64. The lowest BCUT2D eigenvalue weighted by Crippen LogP contribution is -2.42. The molecule has 2 aliphatic heterocycles. The highest BCUT2D eigenvalue weighted by atomic mass is 19.3. The highest BCUT2D eigenvalue weighted by Crippen LogP contribution is 2.41. The molecule has 138 valence electrons. The molecule has 3 fully saturated rings. The second-order valence-corrected chi connectivity index (χ2v) is 7.23. The molecule has 4 aliphatic rings. The lowest BCUT2D eigenvalue weighted by molar-refractivity contribution is -0.172. The van der Waals surface area contributed by atoms with Crippen LogP contribution in [0.25, 0.3) is 0 Å². The summed E-state index contributed by atoms with van der Waals surface area (Å²) in [5.74, 6) is -8.22. The number of amides is 1. The van der Waals surface area contributed by atoms with Crippen molar-refractivity contribution < 1.29 is 27.1 Å². The third kappa shape index (κ3) is 3.20. The number of allylic oxidation sites excluding steroid dienone is 1. The molecule has 0 aromatic rings. The summed E-state index contributed by atoms with van der Waals surface area (Å²) in [6.07, 6.45) is 4.18. The molecule has 2 saturated carbocycles. The van der Waals surface area contributed by atoms with Gasteiger partial charge in [0.15, 0.2) is 0 Å². The Hall–Kier alpha value is -1.80. The molecular formula is C16H19F4N3O2. The number of hydrogen-bond acceptors (Lipinski definition) is 4. The first kappa shape index (κ1) is 16.7. The smallest absolute Gasteiger partial charge is 0.329 e. The molecule has 5 nitrogen and oxygen atoms in total. The van der Waals surface area contributed by atoms with Gasteiger partial charge in [-0.25, -0.2) is 4.99 Å². The second-order valence-electron chi connectivity index (χ2n) is 7.23. The minimum Gasteiger partial charge on any atom is -0.476 e. The summed E-state index contributed by atoms with van der Waals surface area (Å²) < 4.78 is 59.1. The minimum atomic E-state index is -4.22. The number of hydrogen-bond donors (Lipinski definition) is 1. The fourth-order valence-electron chi connectivity index (χ4n) is 2.98. The Morgan fingerprint density at radius 2 is 1.80 bits per heavy atom. The Morgan fingerprint density at radius 3 is 2.36 bits per heavy atom. The van der Waals surface area contributed by atoms with Crippen LogP contribution < -0.4 is 5.32 Å². The van der Waals surface area contributed by atoms with Crippen LogP contribution in [0.1, 0.15) is 25.7 Å². The number of ether oxygens (including phenoxy) is 1. The predicted molar refractivity (Wildman–Crippen MR) is 80.3 cm³/mol. The first-order valence-corrected chi connectivity index (χ1v) is 8.50. The average Bonchev–Trinajstić information content (AvgIpc) is 3.44. The average molecular weight is 361 g/mol. The number of carbonyl (C=O) groups excluding carboxylic acids is 1. The van der Waals surface area contributed by atoms with E-state index < -0.39 is 30.8 Å². The molecule has 9 heteroatoms. The Bertz CT molecular complexity index is 638. The van der Waals surface area contributed by atoms with Crippen LogP contribution in [0.3, 0.4) is 0 Å². The number of alkyl halides is 4. The van der Waals surface area contributed by atoms with E-state index in [0.717, 1.165) is 31.4 Å². The molecular weight excluding hydrogens is 342 g/mol. The molecule has 0 spiro atoms. The van der Waals surface area contributed by atoms with Gasteiger partial charge in [-0.1, -0.05) is 0 Å². The van der Waals surface area contributed by atoms with E-state index in [2.05, 4.69) is 10.3 Å². The number of likely N-dealkylation sites (tertiary alicyclic amines) is 1. The Morgan fingerprint density at radius 1 is 1.16 bits per heavy atom. The van der Waals surface area contributed by atoms with Crippen LogP contribution in [0, 0.1) is 11.8 Å². The maximum atomic E-state index is 13.3. The van der Waals surface area contributed by atoms with Crippen molar-refractivity contribution >= 4 is 11.6 Å². The number of nitrogens with one attached hydrogen (secondary N) is 1. The van der Waals surface area contributed by atoms with Crippen LogP contribution in [0.5, 0.6) is 0 Å². The van der Waals surface area contributed by atoms with Gasteiger partial charge in [0.2, 0.25) is 5.88 Å². The predicted octanol–water partition coefficient (Wildman–Crippen LogP) is 2.15. The Kier molecular flexibility index (Phi) is 3.73. The number of nitrogens with zero attached hydrogens (tertiary/aromatic N) is 2. The van der Waals surface area contributed by atoms with Crippen molar-refractivity contribution in [2.45, 2.75) is 37.5 Å². The lowest BCUT2D eigenvalue weighted by atomic mass is 10.2. The SMILES string of the molecule is O=C(C1=NC(OCC2CC2)=C(C2CC2)NC1)N1CC(F)(F)C(F)(F)C1. The van der Waals surface area contributed by atoms with Gasteiger partial charge in [-0.2, -0.15) is 17.6 Å². The molecule has 1 saturated heterocycles. The number of carbonyl (C=O) groups is 1. The zero-order valence-corrected chi connectivity index (χ0v) is 13.5. The van der Waals surface area contributed by atoms with Gasteiger partial charge in [-0.15, -0.1) is 0 Å². The van der Waals surface area contributed by atoms with E-state index in [-0.39, 0.29) is 12.3 Å². The third-order valence-corrected chi connectivity index (χ3v) is 4.90. The van der Waals surface area contributed by atoms with E-state index in [0.29, 0.717) is 29.2 Å². The summed E-state index contributed by atoms with van der Waals surface area (Å²) in [6.45, 7) is -2.06. The van der Waals surface area contributed by atoms with Crippen molar-refractivity contribution in [2.75, 3.05) is 26.2 Å².